The molecule has 4 fully saturated rings. The lowest BCUT2D eigenvalue weighted by molar-refractivity contribution is -0.213. The standard InChI is InChI=1S/C27H46O4/c1-17(7-6-12-24(2,3)30)20-8-9-21-19-15-23(29)27(31)16-18(28)10-14-26(27,5)22(19)11-13-25(20,21)4/h17-22,28,30-31H,6-16H2,1-5H3/t17-,18+,19+,20-,21+,22+,25-,26-,27+/m1/s1. The smallest absolute Gasteiger partial charge is 0.165 e. The van der Waals surface area contributed by atoms with E-state index < -0.39 is 17.3 Å². The third-order valence-electron chi connectivity index (χ3n) is 10.8. The SMILES string of the molecule is C[C@H](CCCC(C)(C)O)[C@H]1CC[C@H]2[C@@H]3CC(=O)[C@@]4(O)C[C@@H](O)CC[C@]4(C)[C@H]3CC[C@]12C. The summed E-state index contributed by atoms with van der Waals surface area (Å²) in [5.74, 6) is 2.69. The molecule has 0 radical (unpaired) electrons. The van der Waals surface area contributed by atoms with Gasteiger partial charge in [-0.25, -0.2) is 0 Å². The van der Waals surface area contributed by atoms with Gasteiger partial charge in [0, 0.05) is 18.3 Å². The first-order valence-electron chi connectivity index (χ1n) is 13.0. The van der Waals surface area contributed by atoms with E-state index in [-0.39, 0.29) is 23.0 Å². The zero-order valence-electron chi connectivity index (χ0n) is 20.5. The van der Waals surface area contributed by atoms with Gasteiger partial charge in [-0.15, -0.1) is 0 Å². The summed E-state index contributed by atoms with van der Waals surface area (Å²) in [6.45, 7) is 10.9. The van der Waals surface area contributed by atoms with Gasteiger partial charge < -0.3 is 15.3 Å². The lowest BCUT2D eigenvalue weighted by atomic mass is 9.42. The number of rotatable bonds is 5. The molecule has 178 valence electrons. The molecular weight excluding hydrogens is 388 g/mol. The molecule has 0 aromatic rings. The van der Waals surface area contributed by atoms with Gasteiger partial charge in [-0.1, -0.05) is 33.6 Å². The topological polar surface area (TPSA) is 77.8 Å². The fraction of sp³-hybridized carbons (Fsp3) is 0.963. The Hall–Kier alpha value is -0.450. The molecule has 3 N–H and O–H groups in total. The third kappa shape index (κ3) is 3.73. The Balaban J connectivity index is 1.52. The summed E-state index contributed by atoms with van der Waals surface area (Å²) in [5, 5.41) is 31.8. The van der Waals surface area contributed by atoms with Crippen molar-refractivity contribution in [1.29, 1.82) is 0 Å². The first-order chi connectivity index (χ1) is 14.3. The van der Waals surface area contributed by atoms with Crippen LogP contribution in [0, 0.1) is 40.4 Å². The van der Waals surface area contributed by atoms with E-state index >= 15 is 0 Å². The third-order valence-corrected chi connectivity index (χ3v) is 10.8. The molecule has 0 aromatic carbocycles. The van der Waals surface area contributed by atoms with Gasteiger partial charge >= 0.3 is 0 Å². The van der Waals surface area contributed by atoms with Crippen LogP contribution in [-0.2, 0) is 4.79 Å². The molecule has 0 spiro atoms. The average molecular weight is 435 g/mol. The lowest BCUT2D eigenvalue weighted by Crippen LogP contribution is -2.67. The average Bonchev–Trinajstić information content (AvgIpc) is 3.01. The molecular formula is C27H46O4. The minimum atomic E-state index is -1.33. The first-order valence-corrected chi connectivity index (χ1v) is 13.0. The maximum atomic E-state index is 13.3. The molecule has 0 aromatic heterocycles. The highest BCUT2D eigenvalue weighted by molar-refractivity contribution is 5.89. The summed E-state index contributed by atoms with van der Waals surface area (Å²) in [6, 6.07) is 0. The number of carbonyl (C=O) groups is 1. The van der Waals surface area contributed by atoms with Crippen LogP contribution in [0.15, 0.2) is 0 Å². The van der Waals surface area contributed by atoms with Gasteiger partial charge in [0.1, 0.15) is 5.60 Å². The Bertz CT molecular complexity index is 698. The van der Waals surface area contributed by atoms with Crippen LogP contribution in [0.5, 0.6) is 0 Å². The normalized spacial score (nSPS) is 48.6. The van der Waals surface area contributed by atoms with Crippen molar-refractivity contribution in [2.75, 3.05) is 0 Å². The van der Waals surface area contributed by atoms with E-state index in [4.69, 9.17) is 0 Å². The van der Waals surface area contributed by atoms with Crippen molar-refractivity contribution >= 4 is 5.78 Å². The Morgan fingerprint density at radius 3 is 2.48 bits per heavy atom. The summed E-state index contributed by atoms with van der Waals surface area (Å²) in [7, 11) is 0. The highest BCUT2D eigenvalue weighted by Gasteiger charge is 2.67. The van der Waals surface area contributed by atoms with E-state index in [1.807, 2.05) is 13.8 Å². The summed E-state index contributed by atoms with van der Waals surface area (Å²) in [5.41, 5.74) is -2.01. The number of ketones is 1. The van der Waals surface area contributed by atoms with E-state index in [0.29, 0.717) is 42.4 Å². The maximum absolute atomic E-state index is 13.3. The summed E-state index contributed by atoms with van der Waals surface area (Å²) >= 11 is 0. The minimum absolute atomic E-state index is 0.000857. The van der Waals surface area contributed by atoms with E-state index in [2.05, 4.69) is 20.8 Å². The van der Waals surface area contributed by atoms with Gasteiger partial charge in [0.25, 0.3) is 0 Å². The number of hydrogen-bond donors (Lipinski definition) is 3. The second kappa shape index (κ2) is 7.81. The minimum Gasteiger partial charge on any atom is -0.393 e. The van der Waals surface area contributed by atoms with Crippen LogP contribution in [-0.4, -0.2) is 38.4 Å². The Morgan fingerprint density at radius 2 is 1.81 bits per heavy atom. The summed E-state index contributed by atoms with van der Waals surface area (Å²) < 4.78 is 0. The first kappa shape index (κ1) is 23.7. The van der Waals surface area contributed by atoms with Crippen LogP contribution in [0.3, 0.4) is 0 Å². The van der Waals surface area contributed by atoms with Crippen molar-refractivity contribution in [2.24, 2.45) is 40.4 Å². The Kier molecular flexibility index (Phi) is 5.97. The monoisotopic (exact) mass is 434 g/mol. The summed E-state index contributed by atoms with van der Waals surface area (Å²) in [4.78, 5) is 13.3. The highest BCUT2D eigenvalue weighted by atomic mass is 16.3. The highest BCUT2D eigenvalue weighted by Crippen LogP contribution is 2.68. The predicted octanol–water partition coefficient (Wildman–Crippen LogP) is 4.88. The fourth-order valence-corrected chi connectivity index (χ4v) is 9.05. The molecule has 4 nitrogen and oxygen atoms in total. The number of aliphatic hydroxyl groups is 3. The molecule has 4 aliphatic rings. The predicted molar refractivity (Wildman–Crippen MR) is 122 cm³/mol. The molecule has 4 rings (SSSR count). The van der Waals surface area contributed by atoms with Crippen molar-refractivity contribution < 1.29 is 20.1 Å². The largest absolute Gasteiger partial charge is 0.393 e. The van der Waals surface area contributed by atoms with Crippen LogP contribution < -0.4 is 0 Å². The van der Waals surface area contributed by atoms with Crippen molar-refractivity contribution in [3.8, 4) is 0 Å². The second-order valence-electron chi connectivity index (χ2n) is 13.1. The molecule has 0 saturated heterocycles. The van der Waals surface area contributed by atoms with Crippen molar-refractivity contribution in [3.63, 3.8) is 0 Å². The van der Waals surface area contributed by atoms with E-state index in [9.17, 15) is 20.1 Å². The summed E-state index contributed by atoms with van der Waals surface area (Å²) in [6.07, 6.45) is 9.51. The van der Waals surface area contributed by atoms with Gasteiger partial charge in [0.05, 0.1) is 11.7 Å². The molecule has 4 heteroatoms. The van der Waals surface area contributed by atoms with Crippen LogP contribution in [0.25, 0.3) is 0 Å². The van der Waals surface area contributed by atoms with Gasteiger partial charge in [0.2, 0.25) is 0 Å². The van der Waals surface area contributed by atoms with Gasteiger partial charge in [-0.2, -0.15) is 0 Å². The molecule has 0 amide bonds. The van der Waals surface area contributed by atoms with Crippen LogP contribution in [0.1, 0.15) is 105 Å². The molecule has 9 atom stereocenters. The van der Waals surface area contributed by atoms with Crippen molar-refractivity contribution in [2.45, 2.75) is 123 Å². The van der Waals surface area contributed by atoms with Crippen LogP contribution in [0.4, 0.5) is 0 Å². The molecule has 0 heterocycles. The molecule has 0 bridgehead atoms. The van der Waals surface area contributed by atoms with E-state index in [1.54, 1.807) is 0 Å². The molecule has 31 heavy (non-hydrogen) atoms. The zero-order valence-corrected chi connectivity index (χ0v) is 20.5. The van der Waals surface area contributed by atoms with Gasteiger partial charge in [-0.05, 0) is 93.8 Å². The van der Waals surface area contributed by atoms with Gasteiger partial charge in [-0.3, -0.25) is 4.79 Å². The molecule has 4 aliphatic carbocycles. The zero-order chi connectivity index (χ0) is 22.8. The van der Waals surface area contributed by atoms with Gasteiger partial charge in [0.15, 0.2) is 5.78 Å². The van der Waals surface area contributed by atoms with Crippen molar-refractivity contribution in [3.05, 3.63) is 0 Å². The Labute approximate surface area is 189 Å². The maximum Gasteiger partial charge on any atom is 0.165 e. The number of hydrogen-bond acceptors (Lipinski definition) is 4. The number of fused-ring (bicyclic) bond motifs is 5. The van der Waals surface area contributed by atoms with E-state index in [1.165, 1.54) is 25.7 Å². The van der Waals surface area contributed by atoms with Crippen LogP contribution in [0.2, 0.25) is 0 Å². The van der Waals surface area contributed by atoms with Crippen molar-refractivity contribution in [1.82, 2.24) is 0 Å². The number of carbonyl (C=O) groups excluding carboxylic acids is 1. The van der Waals surface area contributed by atoms with E-state index in [0.717, 1.165) is 25.7 Å². The fourth-order valence-electron chi connectivity index (χ4n) is 9.05. The Morgan fingerprint density at radius 1 is 1.10 bits per heavy atom. The molecule has 0 aliphatic heterocycles. The number of Topliss-reactive ketones (excluding diaryl/α,β-unsaturated/α-hetero) is 1. The van der Waals surface area contributed by atoms with Crippen LogP contribution >= 0.6 is 0 Å². The second-order valence-corrected chi connectivity index (χ2v) is 13.1. The number of aliphatic hydroxyl groups excluding tert-OH is 1. The quantitative estimate of drug-likeness (QED) is 0.576. The molecule has 0 unspecified atom stereocenters. The lowest BCUT2D eigenvalue weighted by Gasteiger charge is -2.63. The molecule has 4 saturated carbocycles.